The number of nitrogens with zero attached hydrogens (tertiary/aromatic N) is 2. The third-order valence-corrected chi connectivity index (χ3v) is 2.88. The lowest BCUT2D eigenvalue weighted by molar-refractivity contribution is 0.281. The molecule has 1 rings (SSSR count). The van der Waals surface area contributed by atoms with E-state index in [0.29, 0.717) is 0 Å². The Balaban J connectivity index is 2.23. The van der Waals surface area contributed by atoms with Crippen molar-refractivity contribution in [1.82, 2.24) is 15.5 Å². The molecule has 1 aliphatic rings. The van der Waals surface area contributed by atoms with Gasteiger partial charge in [0.15, 0.2) is 5.96 Å². The minimum Gasteiger partial charge on any atom is -0.355 e. The molecule has 0 radical (unpaired) electrons. The van der Waals surface area contributed by atoms with Gasteiger partial charge in [0.1, 0.15) is 0 Å². The van der Waals surface area contributed by atoms with Gasteiger partial charge in [-0.05, 0) is 40.2 Å². The van der Waals surface area contributed by atoms with Gasteiger partial charge in [-0.3, -0.25) is 9.89 Å². The third-order valence-electron chi connectivity index (χ3n) is 2.88. The molecule has 0 heterocycles. The van der Waals surface area contributed by atoms with Crippen molar-refractivity contribution in [2.45, 2.75) is 52.1 Å². The van der Waals surface area contributed by atoms with Gasteiger partial charge in [-0.1, -0.05) is 6.92 Å². The van der Waals surface area contributed by atoms with E-state index in [4.69, 9.17) is 0 Å². The van der Waals surface area contributed by atoms with Gasteiger partial charge in [0.2, 0.25) is 0 Å². The van der Waals surface area contributed by atoms with Crippen LogP contribution in [-0.2, 0) is 0 Å². The van der Waals surface area contributed by atoms with E-state index in [1.54, 1.807) is 0 Å². The molecule has 0 spiro atoms. The van der Waals surface area contributed by atoms with E-state index >= 15 is 0 Å². The number of aliphatic imine (C=N–C) groups is 1. The van der Waals surface area contributed by atoms with E-state index in [2.05, 4.69) is 48.2 Å². The maximum atomic E-state index is 4.23. The van der Waals surface area contributed by atoms with Crippen LogP contribution in [-0.4, -0.2) is 49.1 Å². The highest BCUT2D eigenvalue weighted by atomic mass is 15.2. The van der Waals surface area contributed by atoms with E-state index in [-0.39, 0.29) is 5.54 Å². The zero-order valence-electron chi connectivity index (χ0n) is 12.0. The van der Waals surface area contributed by atoms with E-state index in [1.165, 1.54) is 12.8 Å². The van der Waals surface area contributed by atoms with E-state index < -0.39 is 0 Å². The largest absolute Gasteiger partial charge is 0.355 e. The molecule has 0 aromatic carbocycles. The second-order valence-corrected chi connectivity index (χ2v) is 5.73. The summed E-state index contributed by atoms with van der Waals surface area (Å²) in [6, 6.07) is 0.847. The highest BCUT2D eigenvalue weighted by Gasteiger charge is 2.27. The Morgan fingerprint density at radius 3 is 2.41 bits per heavy atom. The molecule has 100 valence electrons. The molecule has 0 atom stereocenters. The predicted octanol–water partition coefficient (Wildman–Crippen LogP) is 1.43. The minimum absolute atomic E-state index is 0.0583. The Hall–Kier alpha value is -0.770. The lowest BCUT2D eigenvalue weighted by atomic mass is 10.1. The molecule has 0 aliphatic heterocycles. The summed E-state index contributed by atoms with van der Waals surface area (Å²) in [5.74, 6) is 0.893. The summed E-state index contributed by atoms with van der Waals surface area (Å²) < 4.78 is 0. The van der Waals surface area contributed by atoms with E-state index in [9.17, 15) is 0 Å². The molecule has 0 aromatic rings. The molecule has 17 heavy (non-hydrogen) atoms. The van der Waals surface area contributed by atoms with Gasteiger partial charge in [-0.2, -0.15) is 0 Å². The fraction of sp³-hybridized carbons (Fsp3) is 0.923. The van der Waals surface area contributed by atoms with Gasteiger partial charge in [0.25, 0.3) is 0 Å². The van der Waals surface area contributed by atoms with Crippen molar-refractivity contribution < 1.29 is 0 Å². The van der Waals surface area contributed by atoms with Crippen LogP contribution in [0.25, 0.3) is 0 Å². The zero-order valence-corrected chi connectivity index (χ0v) is 12.0. The summed E-state index contributed by atoms with van der Waals surface area (Å²) in [5.41, 5.74) is 0.0583. The Labute approximate surface area is 106 Å². The van der Waals surface area contributed by atoms with Crippen LogP contribution in [0.1, 0.15) is 40.5 Å². The second kappa shape index (κ2) is 6.24. The van der Waals surface area contributed by atoms with Crippen LogP contribution < -0.4 is 10.6 Å². The lowest BCUT2D eigenvalue weighted by Gasteiger charge is -2.25. The van der Waals surface area contributed by atoms with Gasteiger partial charge in [0, 0.05) is 31.7 Å². The van der Waals surface area contributed by atoms with Gasteiger partial charge < -0.3 is 10.6 Å². The quantitative estimate of drug-likeness (QED) is 0.564. The van der Waals surface area contributed by atoms with Crippen molar-refractivity contribution in [3.05, 3.63) is 0 Å². The third kappa shape index (κ3) is 5.91. The monoisotopic (exact) mass is 240 g/mol. The molecule has 4 nitrogen and oxygen atoms in total. The fourth-order valence-corrected chi connectivity index (χ4v) is 1.89. The number of likely N-dealkylation sites (N-methyl/N-ethyl adjacent to an activating group) is 1. The lowest BCUT2D eigenvalue weighted by Crippen LogP contribution is -2.49. The van der Waals surface area contributed by atoms with Crippen molar-refractivity contribution >= 4 is 5.96 Å². The second-order valence-electron chi connectivity index (χ2n) is 5.73. The molecule has 0 unspecified atom stereocenters. The van der Waals surface area contributed by atoms with Gasteiger partial charge in [-0.15, -0.1) is 0 Å². The summed E-state index contributed by atoms with van der Waals surface area (Å²) in [6.45, 7) is 11.9. The fourth-order valence-electron chi connectivity index (χ4n) is 1.89. The molecule has 1 aliphatic carbocycles. The number of hydrogen-bond acceptors (Lipinski definition) is 2. The van der Waals surface area contributed by atoms with Crippen LogP contribution in [0.5, 0.6) is 0 Å². The predicted molar refractivity (Wildman–Crippen MR) is 74.5 cm³/mol. The molecule has 2 N–H and O–H groups in total. The van der Waals surface area contributed by atoms with Crippen LogP contribution in [0.3, 0.4) is 0 Å². The number of rotatable bonds is 5. The first-order valence-corrected chi connectivity index (χ1v) is 6.69. The maximum Gasteiger partial charge on any atom is 0.191 e. The molecule has 0 saturated heterocycles. The molecule has 0 aromatic heterocycles. The van der Waals surface area contributed by atoms with Crippen molar-refractivity contribution in [2.24, 2.45) is 4.99 Å². The normalized spacial score (nSPS) is 17.4. The molecular weight excluding hydrogens is 212 g/mol. The maximum absolute atomic E-state index is 4.23. The van der Waals surface area contributed by atoms with Crippen LogP contribution in [0.4, 0.5) is 0 Å². The van der Waals surface area contributed by atoms with Crippen LogP contribution in [0, 0.1) is 0 Å². The van der Waals surface area contributed by atoms with Crippen molar-refractivity contribution in [2.75, 3.05) is 26.7 Å². The Bertz CT molecular complexity index is 251. The average Bonchev–Trinajstić information content (AvgIpc) is 3.04. The summed E-state index contributed by atoms with van der Waals surface area (Å²) in [5, 5.41) is 6.73. The van der Waals surface area contributed by atoms with Crippen molar-refractivity contribution in [3.63, 3.8) is 0 Å². The highest BCUT2D eigenvalue weighted by Crippen LogP contribution is 2.25. The van der Waals surface area contributed by atoms with Crippen LogP contribution >= 0.6 is 0 Å². The topological polar surface area (TPSA) is 39.7 Å². The highest BCUT2D eigenvalue weighted by molar-refractivity contribution is 5.80. The van der Waals surface area contributed by atoms with Crippen molar-refractivity contribution in [3.8, 4) is 0 Å². The van der Waals surface area contributed by atoms with E-state index in [1.807, 2.05) is 7.05 Å². The zero-order chi connectivity index (χ0) is 12.9. The molecule has 1 saturated carbocycles. The van der Waals surface area contributed by atoms with Gasteiger partial charge >= 0.3 is 0 Å². The molecule has 1 fully saturated rings. The number of nitrogens with one attached hydrogen (secondary N) is 2. The summed E-state index contributed by atoms with van der Waals surface area (Å²) in [4.78, 5) is 6.77. The summed E-state index contributed by atoms with van der Waals surface area (Å²) in [6.07, 6.45) is 2.76. The van der Waals surface area contributed by atoms with E-state index in [0.717, 1.165) is 31.6 Å². The first-order chi connectivity index (χ1) is 7.96. The Morgan fingerprint density at radius 1 is 1.35 bits per heavy atom. The standard InChI is InChI=1S/C13H28N4/c1-6-17(11-7-8-11)10-9-15-12(14-5)16-13(2,3)4/h11H,6-10H2,1-5H3,(H2,14,15,16). The Kier molecular flexibility index (Phi) is 5.25. The molecule has 0 amide bonds. The average molecular weight is 240 g/mol. The summed E-state index contributed by atoms with van der Waals surface area (Å²) in [7, 11) is 1.82. The molecule has 4 heteroatoms. The minimum atomic E-state index is 0.0583. The van der Waals surface area contributed by atoms with Crippen LogP contribution in [0.15, 0.2) is 4.99 Å². The first kappa shape index (κ1) is 14.3. The first-order valence-electron chi connectivity index (χ1n) is 6.69. The Morgan fingerprint density at radius 2 is 2.00 bits per heavy atom. The SMILES string of the molecule is CCN(CCNC(=NC)NC(C)(C)C)C1CC1. The smallest absolute Gasteiger partial charge is 0.191 e. The number of hydrogen-bond donors (Lipinski definition) is 2. The van der Waals surface area contributed by atoms with Gasteiger partial charge in [0.05, 0.1) is 0 Å². The molecular formula is C13H28N4. The van der Waals surface area contributed by atoms with Gasteiger partial charge in [-0.25, -0.2) is 0 Å². The number of guanidine groups is 1. The van der Waals surface area contributed by atoms with Crippen molar-refractivity contribution in [1.29, 1.82) is 0 Å². The van der Waals surface area contributed by atoms with Crippen LogP contribution in [0.2, 0.25) is 0 Å². The summed E-state index contributed by atoms with van der Waals surface area (Å²) >= 11 is 0. The molecule has 0 bridgehead atoms.